The summed E-state index contributed by atoms with van der Waals surface area (Å²) in [5.74, 6) is 0.386. The Morgan fingerprint density at radius 3 is 2.94 bits per heavy atom. The van der Waals surface area contributed by atoms with E-state index >= 15 is 0 Å². The minimum Gasteiger partial charge on any atom is -0.385 e. The van der Waals surface area contributed by atoms with E-state index in [4.69, 9.17) is 5.73 Å². The van der Waals surface area contributed by atoms with E-state index in [0.717, 1.165) is 23.4 Å². The van der Waals surface area contributed by atoms with Crippen LogP contribution < -0.4 is 16.4 Å². The SMILES string of the molecule is CCNc1cc2c(cc1C(=O)NC)C(N)=NC2. The van der Waals surface area contributed by atoms with Gasteiger partial charge in [0.2, 0.25) is 0 Å². The minimum absolute atomic E-state index is 0.122. The smallest absolute Gasteiger partial charge is 0.253 e. The third-order valence-corrected chi connectivity index (χ3v) is 2.78. The van der Waals surface area contributed by atoms with Crippen molar-refractivity contribution in [2.24, 2.45) is 10.7 Å². The lowest BCUT2D eigenvalue weighted by atomic mass is 10.0. The van der Waals surface area contributed by atoms with Crippen LogP contribution in [0.15, 0.2) is 17.1 Å². The number of amidine groups is 1. The molecule has 90 valence electrons. The van der Waals surface area contributed by atoms with Crippen LogP contribution in [-0.2, 0) is 6.54 Å². The number of nitrogens with two attached hydrogens (primary N) is 1. The van der Waals surface area contributed by atoms with Crippen molar-refractivity contribution in [3.63, 3.8) is 0 Å². The highest BCUT2D eigenvalue weighted by Gasteiger charge is 2.19. The number of hydrogen-bond donors (Lipinski definition) is 3. The highest BCUT2D eigenvalue weighted by molar-refractivity contribution is 6.06. The summed E-state index contributed by atoms with van der Waals surface area (Å²) in [6.45, 7) is 3.35. The Morgan fingerprint density at radius 2 is 2.29 bits per heavy atom. The lowest BCUT2D eigenvalue weighted by Gasteiger charge is -2.12. The molecule has 0 fully saturated rings. The molecule has 0 spiro atoms. The zero-order valence-corrected chi connectivity index (χ0v) is 10.0. The Balaban J connectivity index is 2.51. The van der Waals surface area contributed by atoms with E-state index in [1.165, 1.54) is 0 Å². The van der Waals surface area contributed by atoms with Crippen molar-refractivity contribution in [2.75, 3.05) is 18.9 Å². The summed E-state index contributed by atoms with van der Waals surface area (Å²) < 4.78 is 0. The van der Waals surface area contributed by atoms with Crippen molar-refractivity contribution in [1.82, 2.24) is 5.32 Å². The second kappa shape index (κ2) is 4.45. The van der Waals surface area contributed by atoms with Crippen molar-refractivity contribution < 1.29 is 4.79 Å². The van der Waals surface area contributed by atoms with Crippen LogP contribution in [0.3, 0.4) is 0 Å². The fraction of sp³-hybridized carbons (Fsp3) is 0.333. The number of nitrogens with zero attached hydrogens (tertiary/aromatic N) is 1. The number of nitrogens with one attached hydrogen (secondary N) is 2. The summed E-state index contributed by atoms with van der Waals surface area (Å²) in [7, 11) is 1.61. The van der Waals surface area contributed by atoms with E-state index < -0.39 is 0 Å². The molecule has 0 aromatic heterocycles. The Labute approximate surface area is 100 Å². The molecular weight excluding hydrogens is 216 g/mol. The van der Waals surface area contributed by atoms with Gasteiger partial charge in [-0.1, -0.05) is 0 Å². The summed E-state index contributed by atoms with van der Waals surface area (Å²) >= 11 is 0. The Hall–Kier alpha value is -2.04. The number of anilines is 1. The predicted octanol–water partition coefficient (Wildman–Crippen LogP) is 0.697. The second-order valence-corrected chi connectivity index (χ2v) is 3.87. The van der Waals surface area contributed by atoms with Crippen LogP contribution in [0.5, 0.6) is 0 Å². The minimum atomic E-state index is -0.122. The van der Waals surface area contributed by atoms with E-state index in [2.05, 4.69) is 15.6 Å². The average Bonchev–Trinajstić information content (AvgIpc) is 2.69. The zero-order chi connectivity index (χ0) is 12.4. The topological polar surface area (TPSA) is 79.5 Å². The van der Waals surface area contributed by atoms with E-state index in [-0.39, 0.29) is 5.91 Å². The van der Waals surface area contributed by atoms with Crippen LogP contribution >= 0.6 is 0 Å². The number of hydrogen-bond acceptors (Lipinski definition) is 4. The number of aliphatic imine (C=N–C) groups is 1. The van der Waals surface area contributed by atoms with Gasteiger partial charge in [-0.05, 0) is 24.6 Å². The molecule has 2 rings (SSSR count). The number of carbonyl (C=O) groups is 1. The first-order valence-corrected chi connectivity index (χ1v) is 5.60. The highest BCUT2D eigenvalue weighted by atomic mass is 16.1. The van der Waals surface area contributed by atoms with Gasteiger partial charge in [-0.2, -0.15) is 0 Å². The standard InChI is InChI=1S/C12H16N4O/c1-3-15-10-4-7-6-16-11(13)8(7)5-9(10)12(17)14-2/h4-5,15H,3,6H2,1-2H3,(H2,13,16)(H,14,17). The lowest BCUT2D eigenvalue weighted by Crippen LogP contribution is -2.21. The van der Waals surface area contributed by atoms with Gasteiger partial charge in [0.15, 0.2) is 0 Å². The molecule has 1 amide bonds. The lowest BCUT2D eigenvalue weighted by molar-refractivity contribution is 0.0964. The van der Waals surface area contributed by atoms with Crippen LogP contribution in [0.1, 0.15) is 28.4 Å². The van der Waals surface area contributed by atoms with E-state index in [1.807, 2.05) is 13.0 Å². The monoisotopic (exact) mass is 232 g/mol. The first-order valence-electron chi connectivity index (χ1n) is 5.60. The van der Waals surface area contributed by atoms with E-state index in [1.54, 1.807) is 13.1 Å². The quantitative estimate of drug-likeness (QED) is 0.717. The summed E-state index contributed by atoms with van der Waals surface area (Å²) in [6.07, 6.45) is 0. The number of benzene rings is 1. The second-order valence-electron chi connectivity index (χ2n) is 3.87. The average molecular weight is 232 g/mol. The Bertz CT molecular complexity index is 494. The van der Waals surface area contributed by atoms with Crippen LogP contribution in [0.25, 0.3) is 0 Å². The van der Waals surface area contributed by atoms with E-state index in [0.29, 0.717) is 17.9 Å². The highest BCUT2D eigenvalue weighted by Crippen LogP contribution is 2.25. The van der Waals surface area contributed by atoms with Crippen LogP contribution in [0.2, 0.25) is 0 Å². The molecule has 1 aromatic rings. The van der Waals surface area contributed by atoms with Gasteiger partial charge in [-0.25, -0.2) is 0 Å². The summed E-state index contributed by atoms with van der Waals surface area (Å²) in [5, 5.41) is 5.81. The normalized spacial score (nSPS) is 12.9. The number of amides is 1. The molecule has 0 bridgehead atoms. The zero-order valence-electron chi connectivity index (χ0n) is 10.0. The molecule has 0 saturated carbocycles. The van der Waals surface area contributed by atoms with Gasteiger partial charge < -0.3 is 16.4 Å². The molecule has 4 N–H and O–H groups in total. The van der Waals surface area contributed by atoms with Gasteiger partial charge >= 0.3 is 0 Å². The van der Waals surface area contributed by atoms with Crippen LogP contribution in [0, 0.1) is 0 Å². The third kappa shape index (κ3) is 1.95. The maximum absolute atomic E-state index is 11.8. The van der Waals surface area contributed by atoms with Gasteiger partial charge in [0, 0.05) is 24.8 Å². The molecule has 1 aliphatic rings. The molecule has 0 saturated heterocycles. The summed E-state index contributed by atoms with van der Waals surface area (Å²) in [6, 6.07) is 3.75. The Kier molecular flexibility index (Phi) is 2.99. The van der Waals surface area contributed by atoms with E-state index in [9.17, 15) is 4.79 Å². The Morgan fingerprint density at radius 1 is 1.53 bits per heavy atom. The van der Waals surface area contributed by atoms with Crippen molar-refractivity contribution in [3.05, 3.63) is 28.8 Å². The number of fused-ring (bicyclic) bond motifs is 1. The van der Waals surface area contributed by atoms with Crippen LogP contribution in [0.4, 0.5) is 5.69 Å². The molecule has 0 unspecified atom stereocenters. The first-order chi connectivity index (χ1) is 8.17. The maximum atomic E-state index is 11.8. The third-order valence-electron chi connectivity index (χ3n) is 2.78. The van der Waals surface area contributed by atoms with Crippen molar-refractivity contribution in [3.8, 4) is 0 Å². The fourth-order valence-corrected chi connectivity index (χ4v) is 1.93. The molecule has 17 heavy (non-hydrogen) atoms. The molecule has 5 heteroatoms. The van der Waals surface area contributed by atoms with Gasteiger partial charge in [-0.15, -0.1) is 0 Å². The molecule has 1 aliphatic heterocycles. The summed E-state index contributed by atoms with van der Waals surface area (Å²) in [4.78, 5) is 16.0. The number of rotatable bonds is 3. The van der Waals surface area contributed by atoms with Crippen molar-refractivity contribution >= 4 is 17.4 Å². The van der Waals surface area contributed by atoms with Gasteiger partial charge in [0.05, 0.1) is 12.1 Å². The maximum Gasteiger partial charge on any atom is 0.253 e. The molecule has 0 atom stereocenters. The molecule has 1 aromatic carbocycles. The van der Waals surface area contributed by atoms with Crippen molar-refractivity contribution in [1.29, 1.82) is 0 Å². The van der Waals surface area contributed by atoms with Gasteiger partial charge in [0.25, 0.3) is 5.91 Å². The predicted molar refractivity (Wildman–Crippen MR) is 68.4 cm³/mol. The molecule has 1 heterocycles. The number of carbonyl (C=O) groups excluding carboxylic acids is 1. The molecular formula is C12H16N4O. The van der Waals surface area contributed by atoms with Gasteiger partial charge in [0.1, 0.15) is 5.84 Å². The van der Waals surface area contributed by atoms with Crippen molar-refractivity contribution in [2.45, 2.75) is 13.5 Å². The van der Waals surface area contributed by atoms with Gasteiger partial charge in [-0.3, -0.25) is 9.79 Å². The summed E-state index contributed by atoms with van der Waals surface area (Å²) in [5.41, 5.74) is 9.14. The molecule has 5 nitrogen and oxygen atoms in total. The largest absolute Gasteiger partial charge is 0.385 e. The fourth-order valence-electron chi connectivity index (χ4n) is 1.93. The van der Waals surface area contributed by atoms with Crippen LogP contribution in [-0.4, -0.2) is 25.3 Å². The first kappa shape index (κ1) is 11.4. The molecule has 0 aliphatic carbocycles. The molecule has 0 radical (unpaired) electrons.